The number of furan rings is 1. The van der Waals surface area contributed by atoms with Gasteiger partial charge in [0.15, 0.2) is 0 Å². The normalized spacial score (nSPS) is 10.0. The number of nitriles is 1. The summed E-state index contributed by atoms with van der Waals surface area (Å²) in [5, 5.41) is 12.6. The summed E-state index contributed by atoms with van der Waals surface area (Å²) >= 11 is 0. The third-order valence-electron chi connectivity index (χ3n) is 3.16. The average Bonchev–Trinajstić information content (AvgIpc) is 3.06. The van der Waals surface area contributed by atoms with Gasteiger partial charge in [-0.2, -0.15) is 5.26 Å². The van der Waals surface area contributed by atoms with Crippen molar-refractivity contribution < 1.29 is 4.42 Å². The molecule has 0 atom stereocenters. The first-order valence-electron chi connectivity index (χ1n) is 6.59. The first-order chi connectivity index (χ1) is 10.4. The highest BCUT2D eigenvalue weighted by Crippen LogP contribution is 2.27. The van der Waals surface area contributed by atoms with Gasteiger partial charge in [0.05, 0.1) is 12.8 Å². The molecule has 2 heterocycles. The number of benzene rings is 1. The molecule has 2 aromatic heterocycles. The summed E-state index contributed by atoms with van der Waals surface area (Å²) in [7, 11) is 0. The SMILES string of the molecule is N#Cc1c(-c2ccccc2)ccnc1NCc1ccco1. The van der Waals surface area contributed by atoms with Crippen molar-refractivity contribution in [2.24, 2.45) is 0 Å². The Morgan fingerprint density at radius 2 is 1.95 bits per heavy atom. The van der Waals surface area contributed by atoms with Crippen LogP contribution in [0, 0.1) is 11.3 Å². The van der Waals surface area contributed by atoms with E-state index in [0.29, 0.717) is 17.9 Å². The van der Waals surface area contributed by atoms with Crippen molar-refractivity contribution in [2.45, 2.75) is 6.54 Å². The predicted molar refractivity (Wildman–Crippen MR) is 80.4 cm³/mol. The molecule has 4 heteroatoms. The second-order valence-electron chi connectivity index (χ2n) is 4.49. The molecule has 1 aromatic carbocycles. The third kappa shape index (κ3) is 2.77. The topological polar surface area (TPSA) is 61.9 Å². The molecular weight excluding hydrogens is 262 g/mol. The fourth-order valence-electron chi connectivity index (χ4n) is 2.15. The highest BCUT2D eigenvalue weighted by molar-refractivity contribution is 5.75. The Morgan fingerprint density at radius 1 is 1.10 bits per heavy atom. The van der Waals surface area contributed by atoms with Crippen LogP contribution in [0.25, 0.3) is 11.1 Å². The van der Waals surface area contributed by atoms with Crippen LogP contribution < -0.4 is 5.32 Å². The lowest BCUT2D eigenvalue weighted by molar-refractivity contribution is 0.518. The van der Waals surface area contributed by atoms with Crippen LogP contribution in [-0.4, -0.2) is 4.98 Å². The van der Waals surface area contributed by atoms with E-state index >= 15 is 0 Å². The van der Waals surface area contributed by atoms with Gasteiger partial charge in [0.25, 0.3) is 0 Å². The van der Waals surface area contributed by atoms with Gasteiger partial charge in [-0.1, -0.05) is 30.3 Å². The first-order valence-corrected chi connectivity index (χ1v) is 6.59. The van der Waals surface area contributed by atoms with Gasteiger partial charge in [0, 0.05) is 11.8 Å². The molecule has 0 unspecified atom stereocenters. The fraction of sp³-hybridized carbons (Fsp3) is 0.0588. The zero-order valence-electron chi connectivity index (χ0n) is 11.3. The van der Waals surface area contributed by atoms with E-state index in [4.69, 9.17) is 4.42 Å². The van der Waals surface area contributed by atoms with Gasteiger partial charge in [-0.3, -0.25) is 0 Å². The fourth-order valence-corrected chi connectivity index (χ4v) is 2.15. The molecular formula is C17H13N3O. The smallest absolute Gasteiger partial charge is 0.144 e. The number of hydrogen-bond acceptors (Lipinski definition) is 4. The van der Waals surface area contributed by atoms with Crippen molar-refractivity contribution in [1.29, 1.82) is 5.26 Å². The highest BCUT2D eigenvalue weighted by atomic mass is 16.3. The minimum atomic E-state index is 0.493. The lowest BCUT2D eigenvalue weighted by atomic mass is 10.0. The summed E-state index contributed by atoms with van der Waals surface area (Å²) in [4.78, 5) is 4.26. The molecule has 0 saturated heterocycles. The van der Waals surface area contributed by atoms with Gasteiger partial charge in [0.1, 0.15) is 23.2 Å². The maximum Gasteiger partial charge on any atom is 0.144 e. The summed E-state index contributed by atoms with van der Waals surface area (Å²) in [6, 6.07) is 17.6. The van der Waals surface area contributed by atoms with Crippen LogP contribution in [0.4, 0.5) is 5.82 Å². The summed E-state index contributed by atoms with van der Waals surface area (Å²) in [6.07, 6.45) is 3.32. The standard InChI is InChI=1S/C17H13N3O/c18-11-16-15(13-5-2-1-3-6-13)8-9-19-17(16)20-12-14-7-4-10-21-14/h1-10H,12H2,(H,19,20). The van der Waals surface area contributed by atoms with Crippen LogP contribution in [0.3, 0.4) is 0 Å². The Balaban J connectivity index is 1.93. The highest BCUT2D eigenvalue weighted by Gasteiger charge is 2.11. The maximum absolute atomic E-state index is 9.46. The Bertz CT molecular complexity index is 758. The number of nitrogens with zero attached hydrogens (tertiary/aromatic N) is 2. The van der Waals surface area contributed by atoms with Crippen molar-refractivity contribution in [3.8, 4) is 17.2 Å². The minimum Gasteiger partial charge on any atom is -0.467 e. The predicted octanol–water partition coefficient (Wildman–Crippen LogP) is 3.83. The zero-order chi connectivity index (χ0) is 14.5. The lowest BCUT2D eigenvalue weighted by Crippen LogP contribution is -2.03. The third-order valence-corrected chi connectivity index (χ3v) is 3.16. The van der Waals surface area contributed by atoms with Gasteiger partial charge >= 0.3 is 0 Å². The minimum absolute atomic E-state index is 0.493. The maximum atomic E-state index is 9.46. The molecule has 21 heavy (non-hydrogen) atoms. The summed E-state index contributed by atoms with van der Waals surface area (Å²) < 4.78 is 5.27. The van der Waals surface area contributed by atoms with Crippen LogP contribution in [0.15, 0.2) is 65.4 Å². The number of aromatic nitrogens is 1. The second kappa shape index (κ2) is 5.93. The molecule has 4 nitrogen and oxygen atoms in total. The van der Waals surface area contributed by atoms with E-state index in [1.54, 1.807) is 12.5 Å². The van der Waals surface area contributed by atoms with Gasteiger partial charge in [-0.05, 0) is 23.8 Å². The van der Waals surface area contributed by atoms with Gasteiger partial charge in [-0.15, -0.1) is 0 Å². The van der Waals surface area contributed by atoms with E-state index in [9.17, 15) is 5.26 Å². The van der Waals surface area contributed by atoms with Crippen molar-refractivity contribution >= 4 is 5.82 Å². The molecule has 0 spiro atoms. The molecule has 0 fully saturated rings. The van der Waals surface area contributed by atoms with E-state index in [2.05, 4.69) is 16.4 Å². The number of nitrogens with one attached hydrogen (secondary N) is 1. The largest absolute Gasteiger partial charge is 0.467 e. The average molecular weight is 275 g/mol. The molecule has 0 aliphatic carbocycles. The number of rotatable bonds is 4. The van der Waals surface area contributed by atoms with E-state index in [0.717, 1.165) is 16.9 Å². The van der Waals surface area contributed by atoms with Crippen LogP contribution in [0.5, 0.6) is 0 Å². The second-order valence-corrected chi connectivity index (χ2v) is 4.49. The van der Waals surface area contributed by atoms with Gasteiger partial charge < -0.3 is 9.73 Å². The molecule has 3 rings (SSSR count). The number of pyridine rings is 1. The Labute approximate surface area is 122 Å². The number of anilines is 1. The van der Waals surface area contributed by atoms with E-state index in [1.165, 1.54) is 0 Å². The van der Waals surface area contributed by atoms with Crippen molar-refractivity contribution in [2.75, 3.05) is 5.32 Å². The Kier molecular flexibility index (Phi) is 3.66. The Hall–Kier alpha value is -3.06. The summed E-state index contributed by atoms with van der Waals surface area (Å²) in [5.74, 6) is 1.36. The summed E-state index contributed by atoms with van der Waals surface area (Å²) in [5.41, 5.74) is 2.41. The lowest BCUT2D eigenvalue weighted by Gasteiger charge is -2.10. The zero-order valence-corrected chi connectivity index (χ0v) is 11.3. The van der Waals surface area contributed by atoms with Crippen molar-refractivity contribution in [1.82, 2.24) is 4.98 Å². The van der Waals surface area contributed by atoms with Gasteiger partial charge in [-0.25, -0.2) is 4.98 Å². The molecule has 0 radical (unpaired) electrons. The molecule has 3 aromatic rings. The van der Waals surface area contributed by atoms with Crippen LogP contribution >= 0.6 is 0 Å². The monoisotopic (exact) mass is 275 g/mol. The molecule has 0 amide bonds. The van der Waals surface area contributed by atoms with Crippen LogP contribution in [0.1, 0.15) is 11.3 Å². The van der Waals surface area contributed by atoms with Crippen LogP contribution in [-0.2, 0) is 6.54 Å². The summed E-state index contributed by atoms with van der Waals surface area (Å²) in [6.45, 7) is 0.493. The molecule has 1 N–H and O–H groups in total. The quantitative estimate of drug-likeness (QED) is 0.786. The Morgan fingerprint density at radius 3 is 2.67 bits per heavy atom. The van der Waals surface area contributed by atoms with Crippen LogP contribution in [0.2, 0.25) is 0 Å². The molecule has 0 aliphatic heterocycles. The molecule has 0 aliphatic rings. The van der Waals surface area contributed by atoms with E-state index in [1.807, 2.05) is 48.5 Å². The van der Waals surface area contributed by atoms with E-state index in [-0.39, 0.29) is 0 Å². The van der Waals surface area contributed by atoms with Gasteiger partial charge in [0.2, 0.25) is 0 Å². The number of hydrogen-bond donors (Lipinski definition) is 1. The van der Waals surface area contributed by atoms with E-state index < -0.39 is 0 Å². The molecule has 0 saturated carbocycles. The molecule has 102 valence electrons. The first kappa shape index (κ1) is 12.9. The van der Waals surface area contributed by atoms with Crippen molar-refractivity contribution in [3.05, 3.63) is 72.3 Å². The molecule has 0 bridgehead atoms. The van der Waals surface area contributed by atoms with Crippen molar-refractivity contribution in [3.63, 3.8) is 0 Å².